The highest BCUT2D eigenvalue weighted by molar-refractivity contribution is 7.01. The molecule has 0 N–H and O–H groups in total. The zero-order valence-electron chi connectivity index (χ0n) is 105. The molecule has 0 aromatic rings. The monoisotopic (exact) mass is 2660 g/mol. The number of rotatable bonds is 0. The van der Waals surface area contributed by atoms with Crippen LogP contribution in [0.15, 0.2) is 0 Å². The van der Waals surface area contributed by atoms with Crippen LogP contribution in [0.4, 0.5) is 0 Å². The van der Waals surface area contributed by atoms with Gasteiger partial charge in [-0.1, -0.05) is 0 Å². The Hall–Kier alpha value is 6.37. The number of hydrogen-bond acceptors (Lipinski definition) is 36. The normalized spacial score (nSPS) is 31.5. The summed E-state index contributed by atoms with van der Waals surface area (Å²) in [7, 11) is -107. The molecule has 0 radical (unpaired) electrons. The Balaban J connectivity index is 3.84. The van der Waals surface area contributed by atoms with Gasteiger partial charge in [0.25, 0.3) is 0 Å². The Bertz CT molecular complexity index is 2650. The lowest BCUT2D eigenvalue weighted by Crippen LogP contribution is -2.63. The third kappa shape index (κ3) is 65.2. The lowest BCUT2D eigenvalue weighted by atomic mass is 11.9. The molecule has 1 heterocycles. The SMILES string of the molecule is C[Si]1(C)O[Si](C)(C)O[Si](C)(C)O[Si](C)(C)O[Si](C)(C)O[Si](C)(C)O[Si](C)(C)O[Si](C)(C)O[Si](C)(C)O[Si](C)(C)O[Si](C)(C)O[Si](C)(C)O[Si](C)(C)O[Si](C)(C)O[Si](C)(C)O[Si](C)(C)O[Si](C)(C)O[Si](C)(C)O[Si](C)(C)O[Si](C)(C)O[Si](C)(C)O[Si](C)(C)O[Si](C)(C)O[Si](C)(C)O[Si](C)(C)O[Si](C)(C)O[Si](C)(C)O[Si](C)(C)O[Si](C)(C)O[Si](C)(C)O[Si](C)(C)O[Si](C)(C)O[Si](C)(C)O[Si](C)(C)O[Si](C)(C)O[Si](C)(C)O1. The van der Waals surface area contributed by atoms with Gasteiger partial charge in [-0.05, 0) is 471 Å². The van der Waals surface area contributed by atoms with Crippen molar-refractivity contribution in [2.45, 2.75) is 471 Å². The van der Waals surface area contributed by atoms with Gasteiger partial charge in [-0.15, -0.1) is 0 Å². The zero-order chi connectivity index (χ0) is 115. The van der Waals surface area contributed by atoms with Crippen LogP contribution in [0.1, 0.15) is 0 Å². The van der Waals surface area contributed by atoms with Crippen LogP contribution in [0.5, 0.6) is 0 Å². The van der Waals surface area contributed by atoms with Crippen molar-refractivity contribution in [1.29, 1.82) is 0 Å². The molecule has 864 valence electrons. The second-order valence-electron chi connectivity index (χ2n) is 54.1. The van der Waals surface area contributed by atoms with Crippen molar-refractivity contribution in [2.24, 2.45) is 0 Å². The van der Waals surface area contributed by atoms with Crippen molar-refractivity contribution in [1.82, 2.24) is 0 Å². The first kappa shape index (κ1) is 148. The molecule has 0 aromatic carbocycles. The molecular formula is C72H216O36Si36. The summed E-state index contributed by atoms with van der Waals surface area (Å²) >= 11 is 0. The maximum atomic E-state index is 7.05. The van der Waals surface area contributed by atoms with E-state index in [9.17, 15) is 0 Å². The maximum absolute atomic E-state index is 7.05. The summed E-state index contributed by atoms with van der Waals surface area (Å²) in [6, 6.07) is 0. The molecule has 1 aliphatic rings. The highest BCUT2D eigenvalue weighted by Gasteiger charge is 2.61. The van der Waals surface area contributed by atoms with Crippen LogP contribution in [0, 0.1) is 0 Å². The average molecular weight is 2670 g/mol. The van der Waals surface area contributed by atoms with Crippen molar-refractivity contribution in [3.05, 3.63) is 0 Å². The standard InChI is InChI=1S/C72H216O36Si36/c1-109(2)73-110(3,4)75-112(7,8)77-114(11,12)79-116(15,16)81-118(19,20)83-120(23,24)85-122(27,28)87-124(31,32)89-126(35,36)91-128(39,40)93-130(43,44)95-132(47,48)97-134(51,52)99-136(55,56)101-138(59,60)103-140(63,64)105-142(67,68)107-144(71,72)108-143(69,70)106-141(65,66)104-139(61,62)102-137(57,58)100-135(53,54)98-133(49,50)96-131(45,46)94-129(41,42)92-127(37,38)90-125(33,34)88-123(29,30)86-121(25,26)84-119(21,22)82-117(17,18)80-115(13,14)78-113(9,10)76-111(5,6)74-109/h1-72H3. The van der Waals surface area contributed by atoms with Gasteiger partial charge in [0.2, 0.25) is 0 Å². The summed E-state index contributed by atoms with van der Waals surface area (Å²) < 4.78 is 254. The smallest absolute Gasteiger partial charge is 0.314 e. The lowest BCUT2D eigenvalue weighted by Gasteiger charge is -2.45. The van der Waals surface area contributed by atoms with Gasteiger partial charge in [0.1, 0.15) is 0 Å². The van der Waals surface area contributed by atoms with Gasteiger partial charge in [0.15, 0.2) is 0 Å². The Kier molecular flexibility index (Phi) is 50.8. The second-order valence-corrected chi connectivity index (χ2v) is 184. The van der Waals surface area contributed by atoms with Crippen molar-refractivity contribution in [3.63, 3.8) is 0 Å². The van der Waals surface area contributed by atoms with Crippen LogP contribution in [-0.2, 0) is 148 Å². The molecule has 0 unspecified atom stereocenters. The minimum atomic E-state index is -2.96. The third-order valence-electron chi connectivity index (χ3n) is 17.7. The van der Waals surface area contributed by atoms with E-state index in [0.717, 1.165) is 0 Å². The summed E-state index contributed by atoms with van der Waals surface area (Å²) in [6.45, 7) is 148. The Labute approximate surface area is 918 Å². The van der Waals surface area contributed by atoms with Crippen molar-refractivity contribution < 1.29 is 148 Å². The first-order valence-electron chi connectivity index (χ1n) is 50.7. The summed E-state index contributed by atoms with van der Waals surface area (Å²) in [5, 5.41) is 0. The van der Waals surface area contributed by atoms with Crippen LogP contribution in [0.25, 0.3) is 0 Å². The Morgan fingerprint density at radius 2 is 0.0556 bits per heavy atom. The highest BCUT2D eigenvalue weighted by Crippen LogP contribution is 2.41. The van der Waals surface area contributed by atoms with Gasteiger partial charge >= 0.3 is 308 Å². The van der Waals surface area contributed by atoms with E-state index in [1.807, 2.05) is 0 Å². The largest absolute Gasteiger partial charge is 0.416 e. The van der Waals surface area contributed by atoms with Gasteiger partial charge in [-0.2, -0.15) is 0 Å². The summed E-state index contributed by atoms with van der Waals surface area (Å²) in [5.41, 5.74) is 0. The van der Waals surface area contributed by atoms with E-state index in [0.29, 0.717) is 0 Å². The molecule has 0 amide bonds. The van der Waals surface area contributed by atoms with Gasteiger partial charge in [0.05, 0.1) is 0 Å². The highest BCUT2D eigenvalue weighted by atomic mass is 28.6. The fourth-order valence-corrected chi connectivity index (χ4v) is 212. The van der Waals surface area contributed by atoms with Crippen molar-refractivity contribution in [3.8, 4) is 0 Å². The minimum absolute atomic E-state index is 2.05. The summed E-state index contributed by atoms with van der Waals surface area (Å²) in [5.74, 6) is 0. The second kappa shape index (κ2) is 49.3. The predicted molar refractivity (Wildman–Crippen MR) is 668 cm³/mol. The quantitative estimate of drug-likeness (QED) is 0.203. The number of hydrogen-bond donors (Lipinski definition) is 0. The molecule has 0 spiro atoms. The van der Waals surface area contributed by atoms with Gasteiger partial charge < -0.3 is 148 Å². The molecule has 72 heteroatoms. The van der Waals surface area contributed by atoms with E-state index in [1.165, 1.54) is 0 Å². The van der Waals surface area contributed by atoms with E-state index in [2.05, 4.69) is 471 Å². The molecule has 1 fully saturated rings. The van der Waals surface area contributed by atoms with Crippen LogP contribution < -0.4 is 0 Å². The van der Waals surface area contributed by atoms with E-state index >= 15 is 0 Å². The van der Waals surface area contributed by atoms with E-state index in [4.69, 9.17) is 148 Å². The fourth-order valence-electron chi connectivity index (χ4n) is 22.1. The molecule has 0 saturated carbocycles. The van der Waals surface area contributed by atoms with Crippen LogP contribution >= 0.6 is 0 Å². The predicted octanol–water partition coefficient (Wildman–Crippen LogP) is 25.9. The van der Waals surface area contributed by atoms with Crippen molar-refractivity contribution in [2.75, 3.05) is 0 Å². The van der Waals surface area contributed by atoms with E-state index < -0.39 is 308 Å². The molecule has 144 heavy (non-hydrogen) atoms. The van der Waals surface area contributed by atoms with Crippen molar-refractivity contribution >= 4 is 308 Å². The van der Waals surface area contributed by atoms with E-state index in [-0.39, 0.29) is 0 Å². The fraction of sp³-hybridized carbons (Fsp3) is 1.00. The lowest BCUT2D eigenvalue weighted by molar-refractivity contribution is 0.241. The van der Waals surface area contributed by atoms with Crippen LogP contribution in [0.3, 0.4) is 0 Å². The molecule has 1 saturated heterocycles. The summed E-state index contributed by atoms with van der Waals surface area (Å²) in [4.78, 5) is 0. The molecule has 1 rings (SSSR count). The maximum Gasteiger partial charge on any atom is 0.314 e. The zero-order valence-corrected chi connectivity index (χ0v) is 141. The van der Waals surface area contributed by atoms with Gasteiger partial charge in [0, 0.05) is 0 Å². The van der Waals surface area contributed by atoms with E-state index in [1.54, 1.807) is 0 Å². The molecule has 0 aliphatic carbocycles. The first-order valence-corrected chi connectivity index (χ1v) is 152. The molecule has 0 atom stereocenters. The molecule has 1 aliphatic heterocycles. The van der Waals surface area contributed by atoms with Crippen LogP contribution in [-0.4, -0.2) is 308 Å². The van der Waals surface area contributed by atoms with Gasteiger partial charge in [-0.25, -0.2) is 0 Å². The molecule has 36 nitrogen and oxygen atoms in total. The minimum Gasteiger partial charge on any atom is -0.416 e. The molecular weight excluding hydrogens is 2450 g/mol. The Morgan fingerprint density at radius 3 is 0.0694 bits per heavy atom. The average Bonchev–Trinajstić information content (AvgIpc) is 0.798. The Morgan fingerprint density at radius 1 is 0.0417 bits per heavy atom. The first-order chi connectivity index (χ1) is 61.5. The summed E-state index contributed by atoms with van der Waals surface area (Å²) in [6.07, 6.45) is 0. The molecule has 0 bridgehead atoms. The van der Waals surface area contributed by atoms with Crippen LogP contribution in [0.2, 0.25) is 471 Å². The third-order valence-corrected chi connectivity index (χ3v) is 159. The van der Waals surface area contributed by atoms with Gasteiger partial charge in [-0.3, -0.25) is 0 Å². The molecule has 0 aromatic heterocycles. The topological polar surface area (TPSA) is 332 Å².